The molecule has 0 atom stereocenters. The van der Waals surface area contributed by atoms with Crippen molar-refractivity contribution in [3.63, 3.8) is 0 Å². The fourth-order valence-corrected chi connectivity index (χ4v) is 3.47. The van der Waals surface area contributed by atoms with Gasteiger partial charge in [-0.25, -0.2) is 9.78 Å². The number of benzene rings is 1. The van der Waals surface area contributed by atoms with E-state index >= 15 is 0 Å². The number of aromatic nitrogens is 3. The summed E-state index contributed by atoms with van der Waals surface area (Å²) in [5.74, 6) is 0.969. The molecule has 3 aromatic rings. The van der Waals surface area contributed by atoms with E-state index in [4.69, 9.17) is 9.26 Å². The van der Waals surface area contributed by atoms with Crippen molar-refractivity contribution < 1.29 is 14.1 Å². The van der Waals surface area contributed by atoms with Gasteiger partial charge < -0.3 is 9.26 Å². The van der Waals surface area contributed by atoms with Crippen LogP contribution in [0.25, 0.3) is 10.9 Å². The molecule has 0 unspecified atom stereocenters. The minimum absolute atomic E-state index is 0.0347. The molecule has 2 aromatic heterocycles. The number of rotatable bonds is 3. The van der Waals surface area contributed by atoms with Crippen molar-refractivity contribution in [1.29, 1.82) is 0 Å². The van der Waals surface area contributed by atoms with Crippen LogP contribution in [0.1, 0.15) is 52.5 Å². The molecule has 1 aromatic carbocycles. The summed E-state index contributed by atoms with van der Waals surface area (Å²) < 4.78 is 12.2. The van der Waals surface area contributed by atoms with E-state index in [1.54, 1.807) is 36.6 Å². The summed E-state index contributed by atoms with van der Waals surface area (Å²) in [7, 11) is 0. The van der Waals surface area contributed by atoms with Crippen LogP contribution in [0.2, 0.25) is 0 Å². The minimum atomic E-state index is -0.464. The average Bonchev–Trinajstić information content (AvgIpc) is 2.85. The maximum absolute atomic E-state index is 12.8. The van der Waals surface area contributed by atoms with Gasteiger partial charge in [-0.3, -0.25) is 9.36 Å². The van der Waals surface area contributed by atoms with Gasteiger partial charge in [0.15, 0.2) is 0 Å². The van der Waals surface area contributed by atoms with Gasteiger partial charge >= 0.3 is 5.97 Å². The number of carbonyl (C=O) groups is 1. The van der Waals surface area contributed by atoms with Gasteiger partial charge in [-0.15, -0.1) is 0 Å². The molecule has 4 rings (SSSR count). The van der Waals surface area contributed by atoms with Gasteiger partial charge in [0, 0.05) is 13.0 Å². The molecule has 0 spiro atoms. The Hall–Kier alpha value is -2.96. The van der Waals surface area contributed by atoms with Crippen LogP contribution in [-0.4, -0.2) is 20.7 Å². The SMILES string of the molecule is Cc1noc(C)c1COC(=O)c1ccc2c(=O)n3c(nc2c1)CCCCC3. The number of nitrogens with zero attached hydrogens (tertiary/aromatic N) is 3. The van der Waals surface area contributed by atoms with Gasteiger partial charge in [-0.2, -0.15) is 0 Å². The molecule has 3 heterocycles. The van der Waals surface area contributed by atoms with Crippen LogP contribution in [0.15, 0.2) is 27.5 Å². The highest BCUT2D eigenvalue weighted by atomic mass is 16.5. The molecule has 1 aliphatic heterocycles. The monoisotopic (exact) mass is 367 g/mol. The first-order valence-corrected chi connectivity index (χ1v) is 9.17. The largest absolute Gasteiger partial charge is 0.457 e. The number of esters is 1. The third-order valence-corrected chi connectivity index (χ3v) is 5.08. The maximum Gasteiger partial charge on any atom is 0.338 e. The molecular formula is C20H21N3O4. The van der Waals surface area contributed by atoms with E-state index in [2.05, 4.69) is 10.1 Å². The van der Waals surface area contributed by atoms with Crippen LogP contribution >= 0.6 is 0 Å². The van der Waals surface area contributed by atoms with Crippen LogP contribution in [0.4, 0.5) is 0 Å². The van der Waals surface area contributed by atoms with Crippen LogP contribution in [0, 0.1) is 13.8 Å². The maximum atomic E-state index is 12.8. The van der Waals surface area contributed by atoms with E-state index in [9.17, 15) is 9.59 Å². The molecule has 0 saturated heterocycles. The first-order chi connectivity index (χ1) is 13.0. The van der Waals surface area contributed by atoms with Crippen LogP contribution in [0.3, 0.4) is 0 Å². The zero-order valence-electron chi connectivity index (χ0n) is 15.4. The quantitative estimate of drug-likeness (QED) is 0.661. The Kier molecular flexibility index (Phi) is 4.51. The molecule has 0 fully saturated rings. The Labute approximate surface area is 156 Å². The highest BCUT2D eigenvalue weighted by Crippen LogP contribution is 2.18. The Balaban J connectivity index is 1.63. The zero-order chi connectivity index (χ0) is 19.0. The number of hydrogen-bond acceptors (Lipinski definition) is 6. The van der Waals surface area contributed by atoms with Gasteiger partial charge in [0.05, 0.1) is 27.7 Å². The summed E-state index contributed by atoms with van der Waals surface area (Å²) in [5, 5.41) is 4.38. The number of fused-ring (bicyclic) bond motifs is 2. The van der Waals surface area contributed by atoms with Gasteiger partial charge in [-0.05, 0) is 44.9 Å². The lowest BCUT2D eigenvalue weighted by Crippen LogP contribution is -2.24. The Morgan fingerprint density at radius 3 is 2.89 bits per heavy atom. The zero-order valence-corrected chi connectivity index (χ0v) is 15.4. The number of hydrogen-bond donors (Lipinski definition) is 0. The minimum Gasteiger partial charge on any atom is -0.457 e. The van der Waals surface area contributed by atoms with Crippen molar-refractivity contribution in [3.05, 3.63) is 57.0 Å². The van der Waals surface area contributed by atoms with Crippen LogP contribution < -0.4 is 5.56 Å². The molecule has 0 N–H and O–H groups in total. The summed E-state index contributed by atoms with van der Waals surface area (Å²) in [4.78, 5) is 29.9. The Bertz CT molecular complexity index is 1060. The second-order valence-corrected chi connectivity index (χ2v) is 6.91. The fourth-order valence-electron chi connectivity index (χ4n) is 3.47. The van der Waals surface area contributed by atoms with Crippen molar-refractivity contribution >= 4 is 16.9 Å². The molecule has 0 bridgehead atoms. The number of ether oxygens (including phenoxy) is 1. The van der Waals surface area contributed by atoms with E-state index < -0.39 is 5.97 Å². The van der Waals surface area contributed by atoms with Gasteiger partial charge in [0.25, 0.3) is 5.56 Å². The number of aryl methyl sites for hydroxylation is 3. The lowest BCUT2D eigenvalue weighted by molar-refractivity contribution is 0.0471. The molecule has 140 valence electrons. The molecule has 0 saturated carbocycles. The Morgan fingerprint density at radius 2 is 2.11 bits per heavy atom. The van der Waals surface area contributed by atoms with Crippen molar-refractivity contribution in [1.82, 2.24) is 14.7 Å². The van der Waals surface area contributed by atoms with E-state index in [1.807, 2.05) is 0 Å². The van der Waals surface area contributed by atoms with Crippen molar-refractivity contribution in [3.8, 4) is 0 Å². The highest BCUT2D eigenvalue weighted by Gasteiger charge is 2.17. The topological polar surface area (TPSA) is 87.2 Å². The summed E-state index contributed by atoms with van der Waals surface area (Å²) in [5.41, 5.74) is 2.36. The summed E-state index contributed by atoms with van der Waals surface area (Å²) in [6, 6.07) is 4.91. The summed E-state index contributed by atoms with van der Waals surface area (Å²) in [6.07, 6.45) is 3.90. The fraction of sp³-hybridized carbons (Fsp3) is 0.400. The third-order valence-electron chi connectivity index (χ3n) is 5.08. The summed E-state index contributed by atoms with van der Waals surface area (Å²) in [6.45, 7) is 4.39. The molecule has 1 aliphatic rings. The molecule has 7 nitrogen and oxygen atoms in total. The molecule has 0 radical (unpaired) electrons. The van der Waals surface area contributed by atoms with E-state index in [1.165, 1.54) is 0 Å². The first-order valence-electron chi connectivity index (χ1n) is 9.17. The predicted molar refractivity (Wildman–Crippen MR) is 98.7 cm³/mol. The van der Waals surface area contributed by atoms with Crippen LogP contribution in [-0.2, 0) is 24.3 Å². The van der Waals surface area contributed by atoms with Crippen molar-refractivity contribution in [2.45, 2.75) is 52.7 Å². The average molecular weight is 367 g/mol. The van der Waals surface area contributed by atoms with E-state index in [-0.39, 0.29) is 12.2 Å². The van der Waals surface area contributed by atoms with Crippen LogP contribution in [0.5, 0.6) is 0 Å². The standard InChI is InChI=1S/C20H21N3O4/c1-12-16(13(2)27-22-12)11-26-20(25)14-7-8-15-17(10-14)21-18-6-4-3-5-9-23(18)19(15)24/h7-8,10H,3-6,9,11H2,1-2H3. The summed E-state index contributed by atoms with van der Waals surface area (Å²) >= 11 is 0. The van der Waals surface area contributed by atoms with Crippen molar-refractivity contribution in [2.75, 3.05) is 0 Å². The molecule has 0 aliphatic carbocycles. The second-order valence-electron chi connectivity index (χ2n) is 6.91. The highest BCUT2D eigenvalue weighted by molar-refractivity contribution is 5.94. The predicted octanol–water partition coefficient (Wildman–Crippen LogP) is 3.08. The van der Waals surface area contributed by atoms with E-state index in [0.29, 0.717) is 34.5 Å². The van der Waals surface area contributed by atoms with Crippen molar-refractivity contribution in [2.24, 2.45) is 0 Å². The molecular weight excluding hydrogens is 346 g/mol. The van der Waals surface area contributed by atoms with Gasteiger partial charge in [0.1, 0.15) is 18.2 Å². The second kappa shape index (κ2) is 6.98. The smallest absolute Gasteiger partial charge is 0.338 e. The lowest BCUT2D eigenvalue weighted by atomic mass is 10.1. The van der Waals surface area contributed by atoms with Gasteiger partial charge in [0.2, 0.25) is 0 Å². The van der Waals surface area contributed by atoms with Gasteiger partial charge in [-0.1, -0.05) is 11.6 Å². The Morgan fingerprint density at radius 1 is 1.26 bits per heavy atom. The first kappa shape index (κ1) is 17.5. The third kappa shape index (κ3) is 3.25. The molecule has 7 heteroatoms. The molecule has 27 heavy (non-hydrogen) atoms. The van der Waals surface area contributed by atoms with E-state index in [0.717, 1.165) is 37.1 Å². The lowest BCUT2D eigenvalue weighted by Gasteiger charge is -2.11. The molecule has 0 amide bonds. The number of carbonyl (C=O) groups excluding carboxylic acids is 1. The normalized spacial score (nSPS) is 14.0.